The first-order chi connectivity index (χ1) is 9.10. The highest BCUT2D eigenvalue weighted by molar-refractivity contribution is 5.59. The lowest BCUT2D eigenvalue weighted by Gasteiger charge is -2.27. The predicted molar refractivity (Wildman–Crippen MR) is 72.9 cm³/mol. The number of nitrogens with zero attached hydrogens (tertiary/aromatic N) is 2. The molecule has 0 bridgehead atoms. The molecule has 1 aliphatic rings. The lowest BCUT2D eigenvalue weighted by molar-refractivity contribution is -0.385. The molecule has 1 aliphatic carbocycles. The zero-order valence-corrected chi connectivity index (χ0v) is 10.9. The zero-order valence-electron chi connectivity index (χ0n) is 10.9. The molecule has 5 heteroatoms. The van der Waals surface area contributed by atoms with E-state index < -0.39 is 4.92 Å². The van der Waals surface area contributed by atoms with Gasteiger partial charge in [0.25, 0.3) is 5.69 Å². The molecular formula is C14H17N3O2. The Morgan fingerprint density at radius 2 is 2.05 bits per heavy atom. The van der Waals surface area contributed by atoms with E-state index in [0.717, 1.165) is 24.4 Å². The van der Waals surface area contributed by atoms with E-state index in [1.54, 1.807) is 12.1 Å². The van der Waals surface area contributed by atoms with E-state index >= 15 is 0 Å². The number of hydrogen-bond donors (Lipinski definition) is 1. The molecule has 0 radical (unpaired) electrons. The summed E-state index contributed by atoms with van der Waals surface area (Å²) in [6.45, 7) is 2.26. The quantitative estimate of drug-likeness (QED) is 0.666. The standard InChI is InChI=1S/C14H17N3O2/c1-10-2-4-12(5-3-10)16-13-6-7-14(17(18)19)11(8-13)9-15/h6-8,10,12,16H,2-5H2,1H3. The molecule has 1 aromatic carbocycles. The molecule has 0 saturated heterocycles. The third kappa shape index (κ3) is 3.22. The third-order valence-electron chi connectivity index (χ3n) is 3.70. The molecule has 0 unspecified atom stereocenters. The van der Waals surface area contributed by atoms with E-state index in [2.05, 4.69) is 12.2 Å². The molecule has 5 nitrogen and oxygen atoms in total. The molecule has 1 aromatic rings. The summed E-state index contributed by atoms with van der Waals surface area (Å²) in [5, 5.41) is 23.1. The Bertz CT molecular complexity index is 514. The Hall–Kier alpha value is -2.09. The first-order valence-corrected chi connectivity index (χ1v) is 6.55. The summed E-state index contributed by atoms with van der Waals surface area (Å²) in [5.74, 6) is 0.782. The minimum Gasteiger partial charge on any atom is -0.382 e. The number of nitrogens with one attached hydrogen (secondary N) is 1. The fourth-order valence-corrected chi connectivity index (χ4v) is 2.51. The molecule has 0 heterocycles. The Morgan fingerprint density at radius 1 is 1.37 bits per heavy atom. The van der Waals surface area contributed by atoms with Crippen molar-refractivity contribution in [2.75, 3.05) is 5.32 Å². The highest BCUT2D eigenvalue weighted by Crippen LogP contribution is 2.28. The van der Waals surface area contributed by atoms with Crippen LogP contribution < -0.4 is 5.32 Å². The van der Waals surface area contributed by atoms with Gasteiger partial charge in [-0.05, 0) is 43.7 Å². The normalized spacial score (nSPS) is 22.5. The topological polar surface area (TPSA) is 79.0 Å². The minimum atomic E-state index is -0.523. The van der Waals surface area contributed by atoms with E-state index in [1.165, 1.54) is 18.9 Å². The van der Waals surface area contributed by atoms with Crippen molar-refractivity contribution in [3.63, 3.8) is 0 Å². The number of nitriles is 1. The molecule has 0 atom stereocenters. The second-order valence-corrected chi connectivity index (χ2v) is 5.20. The minimum absolute atomic E-state index is 0.110. The lowest BCUT2D eigenvalue weighted by Crippen LogP contribution is -2.25. The maximum absolute atomic E-state index is 10.8. The number of nitro benzene ring substituents is 1. The van der Waals surface area contributed by atoms with Crippen LogP contribution in [0.5, 0.6) is 0 Å². The summed E-state index contributed by atoms with van der Waals surface area (Å²) in [5.41, 5.74) is 0.770. The molecular weight excluding hydrogens is 242 g/mol. The van der Waals surface area contributed by atoms with Gasteiger partial charge in [-0.15, -0.1) is 0 Å². The predicted octanol–water partition coefficient (Wildman–Crippen LogP) is 3.46. The van der Waals surface area contributed by atoms with Crippen molar-refractivity contribution in [3.8, 4) is 6.07 Å². The van der Waals surface area contributed by atoms with E-state index in [-0.39, 0.29) is 11.3 Å². The van der Waals surface area contributed by atoms with Crippen molar-refractivity contribution >= 4 is 11.4 Å². The molecule has 0 amide bonds. The second kappa shape index (κ2) is 5.70. The van der Waals surface area contributed by atoms with Gasteiger partial charge in [0.2, 0.25) is 0 Å². The van der Waals surface area contributed by atoms with Gasteiger partial charge >= 0.3 is 0 Å². The fraction of sp³-hybridized carbons (Fsp3) is 0.500. The number of hydrogen-bond acceptors (Lipinski definition) is 4. The Morgan fingerprint density at radius 3 is 2.63 bits per heavy atom. The van der Waals surface area contributed by atoms with Crippen LogP contribution in [-0.4, -0.2) is 11.0 Å². The molecule has 100 valence electrons. The van der Waals surface area contributed by atoms with Gasteiger partial charge in [-0.25, -0.2) is 0 Å². The molecule has 1 fully saturated rings. The van der Waals surface area contributed by atoms with Crippen LogP contribution in [-0.2, 0) is 0 Å². The smallest absolute Gasteiger partial charge is 0.287 e. The average Bonchev–Trinajstić information content (AvgIpc) is 2.41. The zero-order chi connectivity index (χ0) is 13.8. The van der Waals surface area contributed by atoms with Crippen LogP contribution in [0.25, 0.3) is 0 Å². The molecule has 0 spiro atoms. The molecule has 2 rings (SSSR count). The number of anilines is 1. The lowest BCUT2D eigenvalue weighted by atomic mass is 9.87. The van der Waals surface area contributed by atoms with Gasteiger partial charge in [0.1, 0.15) is 11.6 Å². The first-order valence-electron chi connectivity index (χ1n) is 6.55. The summed E-state index contributed by atoms with van der Waals surface area (Å²) in [4.78, 5) is 10.2. The number of benzene rings is 1. The maximum atomic E-state index is 10.8. The van der Waals surface area contributed by atoms with Gasteiger partial charge < -0.3 is 5.32 Å². The van der Waals surface area contributed by atoms with Crippen molar-refractivity contribution in [2.45, 2.75) is 38.6 Å². The summed E-state index contributed by atoms with van der Waals surface area (Å²) < 4.78 is 0. The molecule has 1 saturated carbocycles. The van der Waals surface area contributed by atoms with Gasteiger partial charge in [0.15, 0.2) is 0 Å². The second-order valence-electron chi connectivity index (χ2n) is 5.20. The van der Waals surface area contributed by atoms with E-state index in [9.17, 15) is 10.1 Å². The summed E-state index contributed by atoms with van der Waals surface area (Å²) >= 11 is 0. The van der Waals surface area contributed by atoms with Crippen molar-refractivity contribution in [1.29, 1.82) is 5.26 Å². The van der Waals surface area contributed by atoms with Gasteiger partial charge in [-0.1, -0.05) is 6.92 Å². The Labute approximate surface area is 112 Å². The average molecular weight is 259 g/mol. The molecule has 1 N–H and O–H groups in total. The van der Waals surface area contributed by atoms with E-state index in [4.69, 9.17) is 5.26 Å². The number of nitro groups is 1. The van der Waals surface area contributed by atoms with Crippen LogP contribution in [0.15, 0.2) is 18.2 Å². The largest absolute Gasteiger partial charge is 0.382 e. The van der Waals surface area contributed by atoms with Crippen LogP contribution in [0.4, 0.5) is 11.4 Å². The van der Waals surface area contributed by atoms with E-state index in [1.807, 2.05) is 6.07 Å². The van der Waals surface area contributed by atoms with Crippen LogP contribution in [0.2, 0.25) is 0 Å². The van der Waals surface area contributed by atoms with Gasteiger partial charge in [0.05, 0.1) is 4.92 Å². The Kier molecular flexibility index (Phi) is 4.00. The van der Waals surface area contributed by atoms with Crippen LogP contribution in [0.3, 0.4) is 0 Å². The van der Waals surface area contributed by atoms with Gasteiger partial charge in [0, 0.05) is 17.8 Å². The van der Waals surface area contributed by atoms with Gasteiger partial charge in [-0.2, -0.15) is 5.26 Å². The third-order valence-corrected chi connectivity index (χ3v) is 3.70. The fourth-order valence-electron chi connectivity index (χ4n) is 2.51. The summed E-state index contributed by atoms with van der Waals surface area (Å²) in [6, 6.07) is 6.93. The summed E-state index contributed by atoms with van der Waals surface area (Å²) in [6.07, 6.45) is 4.63. The molecule has 0 aliphatic heterocycles. The molecule has 19 heavy (non-hydrogen) atoms. The monoisotopic (exact) mass is 259 g/mol. The van der Waals surface area contributed by atoms with Crippen molar-refractivity contribution in [3.05, 3.63) is 33.9 Å². The Balaban J connectivity index is 2.09. The van der Waals surface area contributed by atoms with E-state index in [0.29, 0.717) is 6.04 Å². The highest BCUT2D eigenvalue weighted by atomic mass is 16.6. The van der Waals surface area contributed by atoms with Gasteiger partial charge in [-0.3, -0.25) is 10.1 Å². The van der Waals surface area contributed by atoms with Crippen molar-refractivity contribution < 1.29 is 4.92 Å². The van der Waals surface area contributed by atoms with Crippen LogP contribution >= 0.6 is 0 Å². The summed E-state index contributed by atoms with van der Waals surface area (Å²) in [7, 11) is 0. The van der Waals surface area contributed by atoms with Crippen molar-refractivity contribution in [1.82, 2.24) is 0 Å². The van der Waals surface area contributed by atoms with Crippen LogP contribution in [0, 0.1) is 27.4 Å². The van der Waals surface area contributed by atoms with Crippen molar-refractivity contribution in [2.24, 2.45) is 5.92 Å². The number of rotatable bonds is 3. The molecule has 0 aromatic heterocycles. The first kappa shape index (κ1) is 13.3. The SMILES string of the molecule is CC1CCC(Nc2ccc([N+](=O)[O-])c(C#N)c2)CC1. The maximum Gasteiger partial charge on any atom is 0.287 e. The highest BCUT2D eigenvalue weighted by Gasteiger charge is 2.19. The van der Waals surface area contributed by atoms with Crippen LogP contribution in [0.1, 0.15) is 38.2 Å².